The molecule has 0 amide bonds. The molecule has 28 heavy (non-hydrogen) atoms. The second-order valence-electron chi connectivity index (χ2n) is 7.06. The van der Waals surface area contributed by atoms with E-state index in [1.165, 1.54) is 28.4 Å². The van der Waals surface area contributed by atoms with Crippen LogP contribution in [0.3, 0.4) is 0 Å². The summed E-state index contributed by atoms with van der Waals surface area (Å²) < 4.78 is 46.5. The van der Waals surface area contributed by atoms with E-state index < -0.39 is 15.8 Å². The Labute approximate surface area is 162 Å². The first-order chi connectivity index (χ1) is 13.3. The highest BCUT2D eigenvalue weighted by Crippen LogP contribution is 2.51. The van der Waals surface area contributed by atoms with Gasteiger partial charge in [0.05, 0.1) is 22.9 Å². The second kappa shape index (κ2) is 6.74. The van der Waals surface area contributed by atoms with E-state index in [4.69, 9.17) is 4.74 Å². The topological polar surface area (TPSA) is 65.4 Å². The number of hydrogen-bond donors (Lipinski definition) is 0. The van der Waals surface area contributed by atoms with Crippen molar-refractivity contribution < 1.29 is 22.3 Å². The fourth-order valence-corrected chi connectivity index (χ4v) is 4.94. The zero-order chi connectivity index (χ0) is 20.1. The molecule has 0 unspecified atom stereocenters. The molecule has 2 atom stereocenters. The number of esters is 1. The smallest absolute Gasteiger partial charge is 0.309 e. The molecule has 5 nitrogen and oxygen atoms in total. The minimum Gasteiger partial charge on any atom is -0.466 e. The molecule has 1 heterocycles. The van der Waals surface area contributed by atoms with Crippen LogP contribution in [0.4, 0.5) is 4.39 Å². The van der Waals surface area contributed by atoms with Crippen LogP contribution in [-0.2, 0) is 19.6 Å². The van der Waals surface area contributed by atoms with Crippen molar-refractivity contribution in [2.24, 2.45) is 5.92 Å². The molecule has 4 rings (SSSR count). The number of halogens is 1. The normalized spacial score (nSPS) is 19.0. The summed E-state index contributed by atoms with van der Waals surface area (Å²) in [6, 6.07) is 10.6. The minimum absolute atomic E-state index is 0.156. The van der Waals surface area contributed by atoms with Gasteiger partial charge in [-0.25, -0.2) is 16.8 Å². The summed E-state index contributed by atoms with van der Waals surface area (Å²) >= 11 is 0. The number of ether oxygens (including phenoxy) is 1. The summed E-state index contributed by atoms with van der Waals surface area (Å²) in [5, 5.41) is 0.507. The highest BCUT2D eigenvalue weighted by Gasteiger charge is 2.46. The molecule has 0 bridgehead atoms. The van der Waals surface area contributed by atoms with Crippen LogP contribution < -0.4 is 0 Å². The van der Waals surface area contributed by atoms with E-state index in [1.807, 2.05) is 6.92 Å². The van der Waals surface area contributed by atoms with Crippen molar-refractivity contribution >= 4 is 26.9 Å². The summed E-state index contributed by atoms with van der Waals surface area (Å²) in [6.07, 6.45) is 2.09. The largest absolute Gasteiger partial charge is 0.466 e. The quantitative estimate of drug-likeness (QED) is 0.607. The Balaban J connectivity index is 1.83. The fourth-order valence-electron chi connectivity index (χ4n) is 3.56. The third-order valence-electron chi connectivity index (χ3n) is 5.12. The van der Waals surface area contributed by atoms with Crippen molar-refractivity contribution in [3.05, 3.63) is 65.6 Å². The molecular weight excluding hydrogens is 381 g/mol. The zero-order valence-corrected chi connectivity index (χ0v) is 16.4. The van der Waals surface area contributed by atoms with E-state index in [2.05, 4.69) is 0 Å². The lowest BCUT2D eigenvalue weighted by Gasteiger charge is -2.08. The number of carbonyl (C=O) groups excluding carboxylic acids is 1. The van der Waals surface area contributed by atoms with Gasteiger partial charge in [0.25, 0.3) is 10.0 Å². The highest BCUT2D eigenvalue weighted by molar-refractivity contribution is 7.90. The summed E-state index contributed by atoms with van der Waals surface area (Å²) in [7, 11) is -3.85. The van der Waals surface area contributed by atoms with Crippen molar-refractivity contribution in [1.29, 1.82) is 0 Å². The number of carbonyl (C=O) groups is 1. The van der Waals surface area contributed by atoms with Crippen LogP contribution in [-0.4, -0.2) is 25.0 Å². The number of hydrogen-bond acceptors (Lipinski definition) is 4. The van der Waals surface area contributed by atoms with E-state index in [0.717, 1.165) is 5.56 Å². The molecule has 1 aliphatic rings. The van der Waals surface area contributed by atoms with Crippen molar-refractivity contribution in [2.45, 2.75) is 31.1 Å². The average molecular weight is 401 g/mol. The summed E-state index contributed by atoms with van der Waals surface area (Å²) in [5.74, 6) is -1.24. The molecule has 0 radical (unpaired) electrons. The average Bonchev–Trinajstić information content (AvgIpc) is 3.36. The lowest BCUT2D eigenvalue weighted by molar-refractivity contribution is -0.144. The zero-order valence-electron chi connectivity index (χ0n) is 15.6. The Morgan fingerprint density at radius 3 is 2.61 bits per heavy atom. The summed E-state index contributed by atoms with van der Waals surface area (Å²) in [4.78, 5) is 12.2. The van der Waals surface area contributed by atoms with Crippen LogP contribution in [0, 0.1) is 18.7 Å². The van der Waals surface area contributed by atoms with Crippen LogP contribution in [0.2, 0.25) is 0 Å². The predicted molar refractivity (Wildman–Crippen MR) is 103 cm³/mol. The number of aryl methyl sites for hydroxylation is 1. The van der Waals surface area contributed by atoms with Gasteiger partial charge in [-0.2, -0.15) is 0 Å². The van der Waals surface area contributed by atoms with Crippen LogP contribution in [0.1, 0.15) is 30.4 Å². The maximum Gasteiger partial charge on any atom is 0.309 e. The Morgan fingerprint density at radius 1 is 1.21 bits per heavy atom. The monoisotopic (exact) mass is 401 g/mol. The summed E-state index contributed by atoms with van der Waals surface area (Å²) in [5.41, 5.74) is 2.00. The van der Waals surface area contributed by atoms with Gasteiger partial charge in [0.2, 0.25) is 0 Å². The van der Waals surface area contributed by atoms with Gasteiger partial charge in [-0.1, -0.05) is 17.7 Å². The van der Waals surface area contributed by atoms with E-state index in [0.29, 0.717) is 29.5 Å². The molecule has 0 aliphatic heterocycles. The maximum absolute atomic E-state index is 13.9. The van der Waals surface area contributed by atoms with Crippen molar-refractivity contribution in [1.82, 2.24) is 3.97 Å². The SMILES string of the molecule is CCOC(=O)[C@H]1C[C@@H]1c1cn(S(=O)(=O)c2ccc(C)cc2)c2ccc(F)cc12. The molecule has 1 aromatic heterocycles. The molecule has 2 aromatic carbocycles. The number of rotatable bonds is 5. The molecule has 7 heteroatoms. The molecule has 146 valence electrons. The molecule has 3 aromatic rings. The van der Waals surface area contributed by atoms with Crippen LogP contribution >= 0.6 is 0 Å². The summed E-state index contributed by atoms with van der Waals surface area (Å²) in [6.45, 7) is 3.91. The van der Waals surface area contributed by atoms with Gasteiger partial charge in [-0.05, 0) is 56.2 Å². The minimum atomic E-state index is -3.85. The van der Waals surface area contributed by atoms with E-state index in [1.54, 1.807) is 31.2 Å². The van der Waals surface area contributed by atoms with E-state index >= 15 is 0 Å². The molecule has 0 spiro atoms. The first-order valence-corrected chi connectivity index (χ1v) is 10.6. The Kier molecular flexibility index (Phi) is 4.50. The fraction of sp³-hybridized carbons (Fsp3) is 0.286. The van der Waals surface area contributed by atoms with Crippen LogP contribution in [0.15, 0.2) is 53.6 Å². The lowest BCUT2D eigenvalue weighted by atomic mass is 10.1. The molecular formula is C21H20FNO4S. The van der Waals surface area contributed by atoms with Gasteiger partial charge in [0.1, 0.15) is 5.82 Å². The number of fused-ring (bicyclic) bond motifs is 1. The Hall–Kier alpha value is -2.67. The van der Waals surface area contributed by atoms with Crippen molar-refractivity contribution in [2.75, 3.05) is 6.61 Å². The molecule has 1 aliphatic carbocycles. The first kappa shape index (κ1) is 18.7. The Morgan fingerprint density at radius 2 is 1.93 bits per heavy atom. The van der Waals surface area contributed by atoms with Crippen molar-refractivity contribution in [3.63, 3.8) is 0 Å². The number of aromatic nitrogens is 1. The highest BCUT2D eigenvalue weighted by atomic mass is 32.2. The van der Waals surface area contributed by atoms with Gasteiger partial charge in [-0.3, -0.25) is 4.79 Å². The van der Waals surface area contributed by atoms with Crippen LogP contribution in [0.25, 0.3) is 10.9 Å². The van der Waals surface area contributed by atoms with Gasteiger partial charge in [0, 0.05) is 17.5 Å². The van der Waals surface area contributed by atoms with E-state index in [9.17, 15) is 17.6 Å². The van der Waals surface area contributed by atoms with Gasteiger partial charge in [0.15, 0.2) is 0 Å². The van der Waals surface area contributed by atoms with E-state index in [-0.39, 0.29) is 22.7 Å². The van der Waals surface area contributed by atoms with Crippen LogP contribution in [0.5, 0.6) is 0 Å². The molecule has 0 saturated heterocycles. The third kappa shape index (κ3) is 3.09. The molecule has 1 fully saturated rings. The number of nitrogens with zero attached hydrogens (tertiary/aromatic N) is 1. The van der Waals surface area contributed by atoms with Gasteiger partial charge < -0.3 is 4.74 Å². The second-order valence-corrected chi connectivity index (χ2v) is 8.88. The number of benzene rings is 2. The van der Waals surface area contributed by atoms with Gasteiger partial charge >= 0.3 is 5.97 Å². The van der Waals surface area contributed by atoms with Crippen molar-refractivity contribution in [3.8, 4) is 0 Å². The molecule has 1 saturated carbocycles. The predicted octanol–water partition coefficient (Wildman–Crippen LogP) is 3.99. The third-order valence-corrected chi connectivity index (χ3v) is 6.81. The standard InChI is InChI=1S/C21H20FNO4S/c1-3-27-21(24)18-11-16(18)19-12-23(20-9-6-14(22)10-17(19)20)28(25,26)15-7-4-13(2)5-8-15/h4-10,12,16,18H,3,11H2,1-2H3/t16-,18-/m0/s1. The molecule has 0 N–H and O–H groups in total. The maximum atomic E-state index is 13.9. The Bertz CT molecular complexity index is 1170. The lowest BCUT2D eigenvalue weighted by Crippen LogP contribution is -2.12. The van der Waals surface area contributed by atoms with Gasteiger partial charge in [-0.15, -0.1) is 0 Å². The first-order valence-electron chi connectivity index (χ1n) is 9.12.